The van der Waals surface area contributed by atoms with Crippen LogP contribution in [0.3, 0.4) is 0 Å². The monoisotopic (exact) mass is 482 g/mol. The molecule has 0 radical (unpaired) electrons. The van der Waals surface area contributed by atoms with Gasteiger partial charge in [0.15, 0.2) is 0 Å². The minimum atomic E-state index is -3.89. The number of nitrogens with zero attached hydrogens (tertiary/aromatic N) is 2. The Morgan fingerprint density at radius 3 is 2.16 bits per heavy atom. The number of sulfonamides is 1. The summed E-state index contributed by atoms with van der Waals surface area (Å²) in [4.78, 5) is 26.4. The number of carbonyl (C=O) groups excluding carboxylic acids is 2. The van der Waals surface area contributed by atoms with Crippen LogP contribution in [0.1, 0.15) is 29.8 Å². The maximum absolute atomic E-state index is 13.3. The van der Waals surface area contributed by atoms with E-state index in [9.17, 15) is 18.0 Å². The maximum atomic E-state index is 13.3. The molecule has 0 spiro atoms. The molecule has 0 bridgehead atoms. The van der Waals surface area contributed by atoms with Crippen LogP contribution < -0.4 is 4.74 Å². The summed E-state index contributed by atoms with van der Waals surface area (Å²) >= 11 is 5.92. The molecule has 2 aromatic carbocycles. The number of amides is 1. The molecular weight excluding hydrogens is 456 g/mol. The van der Waals surface area contributed by atoms with Gasteiger partial charge in [0.1, 0.15) is 17.2 Å². The lowest BCUT2D eigenvalue weighted by atomic mass is 10.1. The van der Waals surface area contributed by atoms with Crippen LogP contribution in [0.15, 0.2) is 47.4 Å². The van der Waals surface area contributed by atoms with E-state index in [0.29, 0.717) is 5.02 Å². The molecule has 0 heterocycles. The summed E-state index contributed by atoms with van der Waals surface area (Å²) in [6.07, 6.45) is 0. The van der Waals surface area contributed by atoms with Crippen molar-refractivity contribution in [3.63, 3.8) is 0 Å². The Labute approximate surface area is 193 Å². The van der Waals surface area contributed by atoms with Crippen molar-refractivity contribution in [3.8, 4) is 5.75 Å². The topological polar surface area (TPSA) is 93.2 Å². The molecule has 174 valence electrons. The van der Waals surface area contributed by atoms with Gasteiger partial charge in [-0.1, -0.05) is 37.6 Å². The summed E-state index contributed by atoms with van der Waals surface area (Å²) in [5.41, 5.74) is 0.852. The van der Waals surface area contributed by atoms with Gasteiger partial charge in [-0.05, 0) is 35.9 Å². The largest absolute Gasteiger partial charge is 0.495 e. The number of benzene rings is 2. The molecule has 0 N–H and O–H groups in total. The molecule has 0 aliphatic carbocycles. The van der Waals surface area contributed by atoms with Crippen LogP contribution in [0.2, 0.25) is 5.02 Å². The summed E-state index contributed by atoms with van der Waals surface area (Å²) in [7, 11) is -1.29. The van der Waals surface area contributed by atoms with Gasteiger partial charge in [0.2, 0.25) is 10.0 Å². The van der Waals surface area contributed by atoms with Crippen LogP contribution in [0.25, 0.3) is 0 Å². The molecule has 0 aliphatic heterocycles. The van der Waals surface area contributed by atoms with E-state index in [4.69, 9.17) is 21.1 Å². The Morgan fingerprint density at radius 1 is 1.00 bits per heavy atom. The molecule has 1 amide bonds. The fourth-order valence-corrected chi connectivity index (χ4v) is 4.89. The molecule has 0 aliphatic rings. The Hall–Kier alpha value is -2.62. The molecule has 32 heavy (non-hydrogen) atoms. The van der Waals surface area contributed by atoms with Crippen molar-refractivity contribution < 1.29 is 27.5 Å². The second-order valence-corrected chi connectivity index (χ2v) is 9.16. The average molecular weight is 483 g/mol. The first-order valence-corrected chi connectivity index (χ1v) is 11.8. The highest BCUT2D eigenvalue weighted by molar-refractivity contribution is 7.89. The van der Waals surface area contributed by atoms with Gasteiger partial charge in [-0.2, -0.15) is 4.31 Å². The van der Waals surface area contributed by atoms with Crippen molar-refractivity contribution in [2.75, 3.05) is 33.9 Å². The summed E-state index contributed by atoms with van der Waals surface area (Å²) < 4.78 is 37.4. The standard InChI is InChI=1S/C22H27ClN2O6S/c1-5-25(6-2)32(28,29)20-13-17(9-12-19(20)30-3)22(27)24(15-21(26)31-4)14-16-7-10-18(23)11-8-16/h7-13H,5-6,14-15H2,1-4H3. The zero-order valence-corrected chi connectivity index (χ0v) is 20.1. The molecule has 0 saturated heterocycles. The van der Waals surface area contributed by atoms with Crippen molar-refractivity contribution in [1.29, 1.82) is 0 Å². The van der Waals surface area contributed by atoms with E-state index >= 15 is 0 Å². The van der Waals surface area contributed by atoms with Crippen LogP contribution in [-0.4, -0.2) is 63.4 Å². The number of halogens is 1. The number of hydrogen-bond donors (Lipinski definition) is 0. The molecule has 0 atom stereocenters. The minimum absolute atomic E-state index is 0.106. The first-order chi connectivity index (χ1) is 15.2. The van der Waals surface area contributed by atoms with Gasteiger partial charge in [-0.15, -0.1) is 0 Å². The summed E-state index contributed by atoms with van der Waals surface area (Å²) in [6, 6.07) is 11.0. The molecule has 0 aromatic heterocycles. The Balaban J connectivity index is 2.48. The Morgan fingerprint density at radius 2 is 1.62 bits per heavy atom. The van der Waals surface area contributed by atoms with Crippen molar-refractivity contribution in [1.82, 2.24) is 9.21 Å². The number of carbonyl (C=O) groups is 2. The highest BCUT2D eigenvalue weighted by Gasteiger charge is 2.28. The summed E-state index contributed by atoms with van der Waals surface area (Å²) in [5, 5.41) is 0.543. The predicted molar refractivity (Wildman–Crippen MR) is 121 cm³/mol. The minimum Gasteiger partial charge on any atom is -0.495 e. The zero-order chi connectivity index (χ0) is 23.9. The summed E-state index contributed by atoms with van der Waals surface area (Å²) in [6.45, 7) is 3.80. The fourth-order valence-electron chi connectivity index (χ4n) is 3.13. The number of rotatable bonds is 10. The Kier molecular flexibility index (Phi) is 9.06. The average Bonchev–Trinajstić information content (AvgIpc) is 2.79. The normalized spacial score (nSPS) is 11.3. The van der Waals surface area contributed by atoms with Crippen LogP contribution >= 0.6 is 11.6 Å². The number of methoxy groups -OCH3 is 2. The van der Waals surface area contributed by atoms with Gasteiger partial charge in [-0.3, -0.25) is 9.59 Å². The maximum Gasteiger partial charge on any atom is 0.325 e. The number of ether oxygens (including phenoxy) is 2. The van der Waals surface area contributed by atoms with Gasteiger partial charge < -0.3 is 14.4 Å². The van der Waals surface area contributed by atoms with Crippen LogP contribution in [-0.2, 0) is 26.1 Å². The van der Waals surface area contributed by atoms with Crippen molar-refractivity contribution in [2.45, 2.75) is 25.3 Å². The Bertz CT molecular complexity index is 1050. The third kappa shape index (κ3) is 5.99. The first kappa shape index (κ1) is 25.6. The molecule has 2 aromatic rings. The zero-order valence-electron chi connectivity index (χ0n) is 18.5. The van der Waals surface area contributed by atoms with Crippen molar-refractivity contribution in [2.24, 2.45) is 0 Å². The molecule has 2 rings (SSSR count). The van der Waals surface area contributed by atoms with E-state index in [1.807, 2.05) is 0 Å². The van der Waals surface area contributed by atoms with Crippen LogP contribution in [0, 0.1) is 0 Å². The molecular formula is C22H27ClN2O6S. The highest BCUT2D eigenvalue weighted by atomic mass is 35.5. The highest BCUT2D eigenvalue weighted by Crippen LogP contribution is 2.28. The SMILES string of the molecule is CCN(CC)S(=O)(=O)c1cc(C(=O)N(CC(=O)OC)Cc2ccc(Cl)cc2)ccc1OC. The van der Waals surface area contributed by atoms with Gasteiger partial charge in [0.25, 0.3) is 5.91 Å². The molecule has 0 saturated carbocycles. The third-order valence-corrected chi connectivity index (χ3v) is 7.18. The second kappa shape index (κ2) is 11.3. The van der Waals surface area contributed by atoms with Crippen LogP contribution in [0.5, 0.6) is 5.75 Å². The molecule has 0 fully saturated rings. The molecule has 8 nitrogen and oxygen atoms in total. The van der Waals surface area contributed by atoms with Crippen molar-refractivity contribution >= 4 is 33.5 Å². The first-order valence-electron chi connectivity index (χ1n) is 9.96. The predicted octanol–water partition coefficient (Wildman–Crippen LogP) is 3.19. The number of hydrogen-bond acceptors (Lipinski definition) is 6. The summed E-state index contributed by atoms with van der Waals surface area (Å²) in [5.74, 6) is -0.994. The lowest BCUT2D eigenvalue weighted by Gasteiger charge is -2.23. The molecule has 0 unspecified atom stereocenters. The van der Waals surface area contributed by atoms with E-state index in [-0.39, 0.29) is 42.4 Å². The fraction of sp³-hybridized carbons (Fsp3) is 0.364. The quantitative estimate of drug-likeness (QED) is 0.483. The second-order valence-electron chi connectivity index (χ2n) is 6.82. The lowest BCUT2D eigenvalue weighted by Crippen LogP contribution is -2.36. The van der Waals surface area contributed by atoms with Crippen LogP contribution in [0.4, 0.5) is 0 Å². The van der Waals surface area contributed by atoms with Crippen molar-refractivity contribution in [3.05, 3.63) is 58.6 Å². The smallest absolute Gasteiger partial charge is 0.325 e. The van der Waals surface area contributed by atoms with Gasteiger partial charge in [0.05, 0.1) is 14.2 Å². The van der Waals surface area contributed by atoms with Gasteiger partial charge >= 0.3 is 5.97 Å². The lowest BCUT2D eigenvalue weighted by molar-refractivity contribution is -0.141. The van der Waals surface area contributed by atoms with Gasteiger partial charge in [-0.25, -0.2) is 8.42 Å². The molecule has 10 heteroatoms. The number of esters is 1. The van der Waals surface area contributed by atoms with E-state index in [2.05, 4.69) is 0 Å². The van der Waals surface area contributed by atoms with Gasteiger partial charge in [0, 0.05) is 30.2 Å². The van der Waals surface area contributed by atoms with E-state index in [1.165, 1.54) is 41.6 Å². The van der Waals surface area contributed by atoms with E-state index in [0.717, 1.165) is 5.56 Å². The van der Waals surface area contributed by atoms with E-state index in [1.54, 1.807) is 38.1 Å². The van der Waals surface area contributed by atoms with E-state index < -0.39 is 21.9 Å². The third-order valence-electron chi connectivity index (χ3n) is 4.86.